The normalized spacial score (nSPS) is 21.7. The Labute approximate surface area is 108 Å². The second-order valence-electron chi connectivity index (χ2n) is 5.50. The molecule has 2 rings (SSSR count). The fourth-order valence-electron chi connectivity index (χ4n) is 1.66. The number of hydrogen-bond donors (Lipinski definition) is 1. The topological polar surface area (TPSA) is 57.4 Å². The fourth-order valence-corrected chi connectivity index (χ4v) is 1.66. The van der Waals surface area contributed by atoms with Gasteiger partial charge in [0.05, 0.1) is 28.8 Å². The second kappa shape index (κ2) is 4.41. The maximum atomic E-state index is 5.85. The minimum atomic E-state index is -0.339. The van der Waals surface area contributed by atoms with Gasteiger partial charge in [0.15, 0.2) is 0 Å². The maximum absolute atomic E-state index is 5.85. The Kier molecular flexibility index (Phi) is 3.21. The molecule has 0 atom stereocenters. The summed E-state index contributed by atoms with van der Waals surface area (Å²) in [4.78, 5) is 4.19. The van der Waals surface area contributed by atoms with Crippen LogP contribution in [0.4, 0.5) is 5.69 Å². The lowest BCUT2D eigenvalue weighted by Gasteiger charge is -2.32. The number of nitrogens with two attached hydrogens (primary N) is 1. The van der Waals surface area contributed by atoms with Crippen molar-refractivity contribution in [1.29, 1.82) is 0 Å². The van der Waals surface area contributed by atoms with Crippen LogP contribution >= 0.6 is 0 Å². The first-order chi connectivity index (χ1) is 8.30. The Balaban J connectivity index is 2.06. The van der Waals surface area contributed by atoms with E-state index in [0.717, 1.165) is 5.69 Å². The van der Waals surface area contributed by atoms with Gasteiger partial charge in [-0.3, -0.25) is 4.98 Å². The molecule has 2 N–H and O–H groups in total. The van der Waals surface area contributed by atoms with Crippen LogP contribution in [0.3, 0.4) is 0 Å². The van der Waals surface area contributed by atoms with Crippen LogP contribution in [-0.2, 0) is 9.31 Å². The number of rotatable bonds is 2. The Morgan fingerprint density at radius 2 is 1.78 bits per heavy atom. The summed E-state index contributed by atoms with van der Waals surface area (Å²) in [7, 11) is -0.339. The monoisotopic (exact) mass is 246 g/mol. The van der Waals surface area contributed by atoms with E-state index in [1.165, 1.54) is 0 Å². The van der Waals surface area contributed by atoms with Gasteiger partial charge in [0, 0.05) is 0 Å². The van der Waals surface area contributed by atoms with Gasteiger partial charge in [-0.2, -0.15) is 0 Å². The molecule has 0 aromatic carbocycles. The largest absolute Gasteiger partial charge is 0.487 e. The highest BCUT2D eigenvalue weighted by molar-refractivity contribution is 6.52. The van der Waals surface area contributed by atoms with E-state index in [4.69, 9.17) is 15.0 Å². The smallest absolute Gasteiger partial charge is 0.400 e. The molecule has 0 unspecified atom stereocenters. The average molecular weight is 246 g/mol. The highest BCUT2D eigenvalue weighted by atomic mass is 16.7. The molecule has 1 aromatic heterocycles. The first-order valence-electron chi connectivity index (χ1n) is 6.05. The molecule has 0 aliphatic carbocycles. The van der Waals surface area contributed by atoms with Gasteiger partial charge in [0.25, 0.3) is 0 Å². The van der Waals surface area contributed by atoms with Gasteiger partial charge in [0.1, 0.15) is 0 Å². The molecular weight excluding hydrogens is 227 g/mol. The van der Waals surface area contributed by atoms with Crippen molar-refractivity contribution in [1.82, 2.24) is 4.98 Å². The predicted octanol–water partition coefficient (Wildman–Crippen LogP) is 2.31. The van der Waals surface area contributed by atoms with Gasteiger partial charge in [-0.1, -0.05) is 5.98 Å². The highest BCUT2D eigenvalue weighted by Gasteiger charge is 2.49. The quantitative estimate of drug-likeness (QED) is 0.813. The van der Waals surface area contributed by atoms with Crippen molar-refractivity contribution in [3.63, 3.8) is 0 Å². The number of nitrogens with zero attached hydrogens (tertiary/aromatic N) is 1. The minimum Gasteiger partial charge on any atom is -0.400 e. The summed E-state index contributed by atoms with van der Waals surface area (Å²) < 4.78 is 11.7. The lowest BCUT2D eigenvalue weighted by atomic mass is 9.89. The van der Waals surface area contributed by atoms with Crippen molar-refractivity contribution in [2.24, 2.45) is 0 Å². The van der Waals surface area contributed by atoms with Gasteiger partial charge >= 0.3 is 7.12 Å². The zero-order valence-corrected chi connectivity index (χ0v) is 11.3. The lowest BCUT2D eigenvalue weighted by Crippen LogP contribution is -2.41. The standard InChI is InChI=1S/C13H19BN2O2/c1-12(2)13(3,4)18-14(17-12)8-7-11-6-5-10(15)9-16-11/h5-9H,15H2,1-4H3/b8-7+. The van der Waals surface area contributed by atoms with Gasteiger partial charge in [-0.05, 0) is 45.9 Å². The van der Waals surface area contributed by atoms with E-state index in [1.807, 2.05) is 51.9 Å². The van der Waals surface area contributed by atoms with E-state index in [0.29, 0.717) is 5.69 Å². The molecule has 0 spiro atoms. The number of pyridine rings is 1. The van der Waals surface area contributed by atoms with Gasteiger partial charge in [-0.15, -0.1) is 0 Å². The van der Waals surface area contributed by atoms with E-state index in [2.05, 4.69) is 4.98 Å². The molecule has 1 aromatic rings. The summed E-state index contributed by atoms with van der Waals surface area (Å²) >= 11 is 0. The Morgan fingerprint density at radius 1 is 1.17 bits per heavy atom. The molecule has 0 amide bonds. The van der Waals surface area contributed by atoms with Crippen molar-refractivity contribution in [2.75, 3.05) is 5.73 Å². The molecule has 96 valence electrons. The molecular formula is C13H19BN2O2. The molecule has 0 bridgehead atoms. The average Bonchev–Trinajstić information content (AvgIpc) is 2.47. The van der Waals surface area contributed by atoms with Crippen LogP contribution in [0.2, 0.25) is 0 Å². The SMILES string of the molecule is CC1(C)OB(/C=C/c2ccc(N)cn2)OC1(C)C. The van der Waals surface area contributed by atoms with E-state index in [-0.39, 0.29) is 18.3 Å². The molecule has 1 saturated heterocycles. The number of hydrogen-bond acceptors (Lipinski definition) is 4. The first kappa shape index (κ1) is 13.1. The van der Waals surface area contributed by atoms with Crippen LogP contribution in [0, 0.1) is 0 Å². The zero-order chi connectivity index (χ0) is 13.4. The maximum Gasteiger partial charge on any atom is 0.487 e. The van der Waals surface area contributed by atoms with E-state index < -0.39 is 0 Å². The molecule has 1 fully saturated rings. The molecule has 0 radical (unpaired) electrons. The molecule has 1 aliphatic heterocycles. The number of nitrogen functional groups attached to an aromatic ring is 1. The predicted molar refractivity (Wildman–Crippen MR) is 73.8 cm³/mol. The summed E-state index contributed by atoms with van der Waals surface area (Å²) in [5, 5.41) is 0. The Morgan fingerprint density at radius 3 is 2.28 bits per heavy atom. The summed E-state index contributed by atoms with van der Waals surface area (Å²) in [5.74, 6) is 1.87. The number of anilines is 1. The number of aromatic nitrogens is 1. The van der Waals surface area contributed by atoms with Crippen molar-refractivity contribution in [2.45, 2.75) is 38.9 Å². The summed E-state index contributed by atoms with van der Waals surface area (Å²) in [5.41, 5.74) is 6.45. The van der Waals surface area contributed by atoms with Crippen molar-refractivity contribution in [3.05, 3.63) is 30.0 Å². The van der Waals surface area contributed by atoms with Crippen LogP contribution in [0.1, 0.15) is 33.4 Å². The third-order valence-corrected chi connectivity index (χ3v) is 3.50. The van der Waals surface area contributed by atoms with Crippen LogP contribution in [0.5, 0.6) is 0 Å². The summed E-state index contributed by atoms with van der Waals surface area (Å²) in [6.07, 6.45) is 3.51. The molecule has 1 aliphatic rings. The molecule has 18 heavy (non-hydrogen) atoms. The van der Waals surface area contributed by atoms with Crippen LogP contribution < -0.4 is 5.73 Å². The van der Waals surface area contributed by atoms with E-state index in [1.54, 1.807) is 6.20 Å². The van der Waals surface area contributed by atoms with E-state index >= 15 is 0 Å². The molecule has 2 heterocycles. The van der Waals surface area contributed by atoms with Gasteiger partial charge in [-0.25, -0.2) is 0 Å². The Bertz CT molecular complexity index is 439. The van der Waals surface area contributed by atoms with Gasteiger partial charge in [0.2, 0.25) is 0 Å². The van der Waals surface area contributed by atoms with Crippen LogP contribution in [-0.4, -0.2) is 23.3 Å². The summed E-state index contributed by atoms with van der Waals surface area (Å²) in [6.45, 7) is 8.12. The molecule has 5 heteroatoms. The zero-order valence-electron chi connectivity index (χ0n) is 11.3. The van der Waals surface area contributed by atoms with Crippen LogP contribution in [0.25, 0.3) is 6.08 Å². The highest BCUT2D eigenvalue weighted by Crippen LogP contribution is 2.36. The first-order valence-corrected chi connectivity index (χ1v) is 6.05. The van der Waals surface area contributed by atoms with E-state index in [9.17, 15) is 0 Å². The van der Waals surface area contributed by atoms with Crippen LogP contribution in [0.15, 0.2) is 24.3 Å². The molecule has 0 saturated carbocycles. The fraction of sp³-hybridized carbons (Fsp3) is 0.462. The third kappa shape index (κ3) is 2.57. The minimum absolute atomic E-state index is 0.309. The van der Waals surface area contributed by atoms with Gasteiger partial charge < -0.3 is 15.0 Å². The lowest BCUT2D eigenvalue weighted by molar-refractivity contribution is 0.00578. The second-order valence-corrected chi connectivity index (χ2v) is 5.50. The molecule has 4 nitrogen and oxygen atoms in total. The third-order valence-electron chi connectivity index (χ3n) is 3.50. The van der Waals surface area contributed by atoms with Crippen molar-refractivity contribution >= 4 is 18.9 Å². The summed E-state index contributed by atoms with van der Waals surface area (Å²) in [6, 6.07) is 3.67. The Hall–Kier alpha value is -1.33. The van der Waals surface area contributed by atoms with Crippen molar-refractivity contribution in [3.8, 4) is 0 Å². The van der Waals surface area contributed by atoms with Crippen molar-refractivity contribution < 1.29 is 9.31 Å².